The van der Waals surface area contributed by atoms with Crippen LogP contribution in [0.1, 0.15) is 12.0 Å². The Labute approximate surface area is 123 Å². The molecule has 112 valence electrons. The molecule has 0 heterocycles. The Kier molecular flexibility index (Phi) is 6.87. The standard InChI is InChI=1S/C13H15BrF3NO2/c1-2-19-7-3-6-18-9-10-4-5-12(11(14)8-10)20-13(15,16)17/h2,4-5,8,18H,1,3,6-7,9H2. The smallest absolute Gasteiger partial charge is 0.502 e. The van der Waals surface area contributed by atoms with E-state index in [1.54, 1.807) is 12.1 Å². The van der Waals surface area contributed by atoms with Crippen molar-refractivity contribution in [3.8, 4) is 5.75 Å². The molecular weight excluding hydrogens is 339 g/mol. The molecule has 3 nitrogen and oxygen atoms in total. The van der Waals surface area contributed by atoms with Crippen molar-refractivity contribution < 1.29 is 22.6 Å². The third-order valence-corrected chi connectivity index (χ3v) is 2.90. The van der Waals surface area contributed by atoms with E-state index in [-0.39, 0.29) is 10.2 Å². The molecule has 1 aromatic rings. The first-order chi connectivity index (χ1) is 9.42. The number of alkyl halides is 3. The van der Waals surface area contributed by atoms with Crippen LogP contribution in [0.25, 0.3) is 0 Å². The van der Waals surface area contributed by atoms with Gasteiger partial charge in [-0.15, -0.1) is 13.2 Å². The number of halogens is 4. The molecule has 0 aliphatic heterocycles. The molecule has 0 spiro atoms. The van der Waals surface area contributed by atoms with Crippen LogP contribution in [-0.4, -0.2) is 19.5 Å². The molecule has 0 aliphatic rings. The topological polar surface area (TPSA) is 30.5 Å². The maximum atomic E-state index is 12.1. The molecule has 1 rings (SSSR count). The van der Waals surface area contributed by atoms with Gasteiger partial charge in [-0.1, -0.05) is 12.6 Å². The molecule has 0 unspecified atom stereocenters. The van der Waals surface area contributed by atoms with Gasteiger partial charge >= 0.3 is 6.36 Å². The van der Waals surface area contributed by atoms with Crippen LogP contribution >= 0.6 is 15.9 Å². The van der Waals surface area contributed by atoms with E-state index in [0.29, 0.717) is 13.2 Å². The molecule has 0 radical (unpaired) electrons. The predicted octanol–water partition coefficient (Wildman–Crippen LogP) is 3.99. The quantitative estimate of drug-likeness (QED) is 0.566. The monoisotopic (exact) mass is 353 g/mol. The molecule has 0 fully saturated rings. The molecule has 0 aliphatic carbocycles. The van der Waals surface area contributed by atoms with E-state index < -0.39 is 6.36 Å². The average molecular weight is 354 g/mol. The maximum absolute atomic E-state index is 12.1. The number of rotatable bonds is 8. The average Bonchev–Trinajstić information content (AvgIpc) is 2.35. The van der Waals surface area contributed by atoms with Gasteiger partial charge in [-0.05, 0) is 46.6 Å². The van der Waals surface area contributed by atoms with Gasteiger partial charge in [0, 0.05) is 6.54 Å². The highest BCUT2D eigenvalue weighted by atomic mass is 79.9. The Balaban J connectivity index is 2.41. The molecule has 20 heavy (non-hydrogen) atoms. The highest BCUT2D eigenvalue weighted by Gasteiger charge is 2.31. The second-order valence-electron chi connectivity index (χ2n) is 3.88. The Bertz CT molecular complexity index is 438. The Morgan fingerprint density at radius 3 is 2.70 bits per heavy atom. The van der Waals surface area contributed by atoms with Crippen LogP contribution in [0.5, 0.6) is 5.75 Å². The van der Waals surface area contributed by atoms with Crippen LogP contribution in [0, 0.1) is 0 Å². The minimum absolute atomic E-state index is 0.249. The third kappa shape index (κ3) is 6.81. The molecule has 7 heteroatoms. The van der Waals surface area contributed by atoms with E-state index in [0.717, 1.165) is 18.5 Å². The summed E-state index contributed by atoms with van der Waals surface area (Å²) in [5, 5.41) is 3.16. The van der Waals surface area contributed by atoms with Gasteiger partial charge in [-0.25, -0.2) is 0 Å². The van der Waals surface area contributed by atoms with Crippen LogP contribution in [-0.2, 0) is 11.3 Å². The van der Waals surface area contributed by atoms with Gasteiger partial charge in [0.1, 0.15) is 5.75 Å². The zero-order chi connectivity index (χ0) is 15.0. The second-order valence-corrected chi connectivity index (χ2v) is 4.73. The van der Waals surface area contributed by atoms with E-state index in [9.17, 15) is 13.2 Å². The summed E-state index contributed by atoms with van der Waals surface area (Å²) in [6.07, 6.45) is -2.48. The van der Waals surface area contributed by atoms with E-state index in [1.807, 2.05) is 0 Å². The van der Waals surface area contributed by atoms with E-state index in [4.69, 9.17) is 4.74 Å². The van der Waals surface area contributed by atoms with Crippen molar-refractivity contribution in [1.29, 1.82) is 0 Å². The Morgan fingerprint density at radius 2 is 2.10 bits per heavy atom. The summed E-state index contributed by atoms with van der Waals surface area (Å²) in [7, 11) is 0. The van der Waals surface area contributed by atoms with E-state index >= 15 is 0 Å². The number of hydrogen-bond acceptors (Lipinski definition) is 3. The van der Waals surface area contributed by atoms with Crippen molar-refractivity contribution in [2.24, 2.45) is 0 Å². The number of benzene rings is 1. The van der Waals surface area contributed by atoms with Gasteiger partial charge in [0.05, 0.1) is 17.3 Å². The predicted molar refractivity (Wildman–Crippen MR) is 73.3 cm³/mol. The van der Waals surface area contributed by atoms with Crippen LogP contribution in [0.4, 0.5) is 13.2 Å². The molecule has 0 bridgehead atoms. The van der Waals surface area contributed by atoms with Crippen molar-refractivity contribution in [3.63, 3.8) is 0 Å². The lowest BCUT2D eigenvalue weighted by atomic mass is 10.2. The summed E-state index contributed by atoms with van der Waals surface area (Å²) < 4.78 is 45.4. The van der Waals surface area contributed by atoms with E-state index in [1.165, 1.54) is 12.3 Å². The Hall–Kier alpha value is -1.21. The van der Waals surface area contributed by atoms with Crippen LogP contribution in [0.3, 0.4) is 0 Å². The van der Waals surface area contributed by atoms with Crippen LogP contribution in [0.15, 0.2) is 35.5 Å². The van der Waals surface area contributed by atoms with Crippen LogP contribution in [0.2, 0.25) is 0 Å². The molecule has 0 aromatic heterocycles. The third-order valence-electron chi connectivity index (χ3n) is 2.28. The minimum Gasteiger partial charge on any atom is -0.502 e. The lowest BCUT2D eigenvalue weighted by Gasteiger charge is -2.12. The summed E-state index contributed by atoms with van der Waals surface area (Å²) >= 11 is 3.06. The lowest BCUT2D eigenvalue weighted by Crippen LogP contribution is -2.18. The van der Waals surface area contributed by atoms with Crippen molar-refractivity contribution in [2.45, 2.75) is 19.3 Å². The van der Waals surface area contributed by atoms with Crippen LogP contribution < -0.4 is 10.1 Å². The van der Waals surface area contributed by atoms with E-state index in [2.05, 4.69) is 32.6 Å². The van der Waals surface area contributed by atoms with Crippen molar-refractivity contribution >= 4 is 15.9 Å². The second kappa shape index (κ2) is 8.16. The Morgan fingerprint density at radius 1 is 1.35 bits per heavy atom. The highest BCUT2D eigenvalue weighted by molar-refractivity contribution is 9.10. The molecule has 0 saturated carbocycles. The van der Waals surface area contributed by atoms with Gasteiger partial charge in [0.25, 0.3) is 0 Å². The summed E-state index contributed by atoms with van der Waals surface area (Å²) in [6.45, 7) is 5.31. The maximum Gasteiger partial charge on any atom is 0.573 e. The summed E-state index contributed by atoms with van der Waals surface area (Å²) in [5.74, 6) is -0.249. The van der Waals surface area contributed by atoms with Gasteiger partial charge in [-0.2, -0.15) is 0 Å². The zero-order valence-corrected chi connectivity index (χ0v) is 12.3. The highest BCUT2D eigenvalue weighted by Crippen LogP contribution is 2.30. The summed E-state index contributed by atoms with van der Waals surface area (Å²) in [5.41, 5.74) is 0.857. The fourth-order valence-corrected chi connectivity index (χ4v) is 1.97. The fourth-order valence-electron chi connectivity index (χ4n) is 1.46. The first-order valence-electron chi connectivity index (χ1n) is 5.90. The molecule has 0 atom stereocenters. The van der Waals surface area contributed by atoms with Gasteiger partial charge < -0.3 is 14.8 Å². The normalized spacial score (nSPS) is 11.2. The van der Waals surface area contributed by atoms with Gasteiger partial charge in [-0.3, -0.25) is 0 Å². The molecule has 1 aromatic carbocycles. The fraction of sp³-hybridized carbons (Fsp3) is 0.385. The first-order valence-corrected chi connectivity index (χ1v) is 6.69. The molecule has 1 N–H and O–H groups in total. The minimum atomic E-state index is -4.69. The largest absolute Gasteiger partial charge is 0.573 e. The van der Waals surface area contributed by atoms with Gasteiger partial charge in [0.2, 0.25) is 0 Å². The molecule has 0 amide bonds. The van der Waals surface area contributed by atoms with Crippen molar-refractivity contribution in [2.75, 3.05) is 13.2 Å². The van der Waals surface area contributed by atoms with Crippen molar-refractivity contribution in [1.82, 2.24) is 5.32 Å². The van der Waals surface area contributed by atoms with Gasteiger partial charge in [0.15, 0.2) is 0 Å². The summed E-state index contributed by atoms with van der Waals surface area (Å²) in [6, 6.07) is 4.46. The SMILES string of the molecule is C=COCCCNCc1ccc(OC(F)(F)F)c(Br)c1. The van der Waals surface area contributed by atoms with Crippen molar-refractivity contribution in [3.05, 3.63) is 41.1 Å². The zero-order valence-electron chi connectivity index (χ0n) is 10.7. The molecule has 0 saturated heterocycles. The first kappa shape index (κ1) is 16.8. The lowest BCUT2D eigenvalue weighted by molar-refractivity contribution is -0.274. The number of nitrogens with one attached hydrogen (secondary N) is 1. The summed E-state index contributed by atoms with van der Waals surface area (Å²) in [4.78, 5) is 0. The number of ether oxygens (including phenoxy) is 2. The molecular formula is C13H15BrF3NO2. The number of hydrogen-bond donors (Lipinski definition) is 1.